The number of carbonyl (C=O) groups is 1. The predicted molar refractivity (Wildman–Crippen MR) is 116 cm³/mol. The Morgan fingerprint density at radius 1 is 1.11 bits per heavy atom. The first-order valence-corrected chi connectivity index (χ1v) is 10.7. The number of hydrogen-bond donors (Lipinski definition) is 1. The van der Waals surface area contributed by atoms with Crippen LogP contribution in [-0.4, -0.2) is 20.7 Å². The molecule has 0 aliphatic carbocycles. The minimum absolute atomic E-state index is 0.127. The molecule has 3 aromatic rings. The molecule has 2 aromatic heterocycles. The van der Waals surface area contributed by atoms with Gasteiger partial charge in [-0.15, -0.1) is 0 Å². The Labute approximate surface area is 170 Å². The van der Waals surface area contributed by atoms with Crippen LogP contribution in [-0.2, 0) is 12.8 Å². The molecule has 0 aliphatic rings. The van der Waals surface area contributed by atoms with E-state index in [4.69, 9.17) is 0 Å². The number of amides is 1. The first-order chi connectivity index (χ1) is 13.4. The molecule has 6 heteroatoms. The zero-order valence-corrected chi connectivity index (χ0v) is 18.1. The molecule has 1 aromatic carbocycles. The lowest BCUT2D eigenvalue weighted by atomic mass is 10.1. The average Bonchev–Trinajstić information content (AvgIpc) is 3.20. The number of aryl methyl sites for hydroxylation is 3. The van der Waals surface area contributed by atoms with Crippen molar-refractivity contribution in [2.75, 3.05) is 5.32 Å². The Bertz CT molecular complexity index is 969. The minimum atomic E-state index is -0.127. The summed E-state index contributed by atoms with van der Waals surface area (Å²) in [5.41, 5.74) is 6.21. The first-order valence-electron chi connectivity index (χ1n) is 9.87. The summed E-state index contributed by atoms with van der Waals surface area (Å²) in [6.45, 7) is 10.3. The Balaban J connectivity index is 1.83. The predicted octanol–water partition coefficient (Wildman–Crippen LogP) is 5.41. The van der Waals surface area contributed by atoms with Gasteiger partial charge in [-0.2, -0.15) is 5.10 Å². The van der Waals surface area contributed by atoms with Crippen molar-refractivity contribution < 1.29 is 4.79 Å². The molecule has 0 fully saturated rings. The number of hydrogen-bond acceptors (Lipinski definition) is 4. The van der Waals surface area contributed by atoms with Crippen LogP contribution in [0.5, 0.6) is 0 Å². The Morgan fingerprint density at radius 2 is 1.82 bits per heavy atom. The second-order valence-corrected chi connectivity index (χ2v) is 8.06. The van der Waals surface area contributed by atoms with Crippen LogP contribution in [0.25, 0.3) is 5.13 Å². The highest BCUT2D eigenvalue weighted by Crippen LogP contribution is 2.26. The second-order valence-electron chi connectivity index (χ2n) is 7.08. The largest absolute Gasteiger partial charge is 0.321 e. The summed E-state index contributed by atoms with van der Waals surface area (Å²) in [5, 5.41) is 8.40. The Kier molecular flexibility index (Phi) is 6.29. The number of rotatable bonds is 7. The maximum absolute atomic E-state index is 12.8. The number of nitrogens with zero attached hydrogens (tertiary/aromatic N) is 3. The third-order valence-corrected chi connectivity index (χ3v) is 6.15. The zero-order valence-electron chi connectivity index (χ0n) is 17.3. The van der Waals surface area contributed by atoms with Gasteiger partial charge in [0.2, 0.25) is 5.13 Å². The molecule has 0 atom stereocenters. The highest BCUT2D eigenvalue weighted by atomic mass is 32.1. The number of unbranched alkanes of at least 4 members (excludes halogenated alkanes) is 1. The molecule has 148 valence electrons. The molecule has 0 bridgehead atoms. The van der Waals surface area contributed by atoms with Crippen LogP contribution in [0.2, 0.25) is 0 Å². The van der Waals surface area contributed by atoms with Gasteiger partial charge < -0.3 is 5.32 Å². The molecule has 1 amide bonds. The number of benzene rings is 1. The summed E-state index contributed by atoms with van der Waals surface area (Å²) < 4.78 is 1.88. The van der Waals surface area contributed by atoms with Gasteiger partial charge in [-0.25, -0.2) is 9.67 Å². The van der Waals surface area contributed by atoms with E-state index >= 15 is 0 Å². The lowest BCUT2D eigenvalue weighted by Gasteiger charge is -2.05. The molecule has 1 N–H and O–H groups in total. The minimum Gasteiger partial charge on any atom is -0.321 e. The number of anilines is 1. The summed E-state index contributed by atoms with van der Waals surface area (Å²) in [6.07, 6.45) is 4.31. The van der Waals surface area contributed by atoms with Gasteiger partial charge in [-0.3, -0.25) is 4.79 Å². The molecule has 0 radical (unpaired) electrons. The van der Waals surface area contributed by atoms with E-state index in [1.54, 1.807) is 0 Å². The summed E-state index contributed by atoms with van der Waals surface area (Å²) in [4.78, 5) is 18.0. The summed E-state index contributed by atoms with van der Waals surface area (Å²) in [6, 6.07) is 7.95. The lowest BCUT2D eigenvalue weighted by molar-refractivity contribution is 0.103. The van der Waals surface area contributed by atoms with Crippen LogP contribution < -0.4 is 5.32 Å². The molecule has 0 saturated heterocycles. The van der Waals surface area contributed by atoms with Gasteiger partial charge in [0.15, 0.2) is 0 Å². The molecular weight excluding hydrogens is 368 g/mol. The van der Waals surface area contributed by atoms with Crippen molar-refractivity contribution in [3.63, 3.8) is 0 Å². The lowest BCUT2D eigenvalue weighted by Crippen LogP contribution is -2.11. The van der Waals surface area contributed by atoms with Gasteiger partial charge in [-0.05, 0) is 63.3 Å². The van der Waals surface area contributed by atoms with Crippen molar-refractivity contribution in [2.45, 2.75) is 60.3 Å². The molecule has 5 nitrogen and oxygen atoms in total. The van der Waals surface area contributed by atoms with E-state index in [-0.39, 0.29) is 5.91 Å². The van der Waals surface area contributed by atoms with E-state index < -0.39 is 0 Å². The van der Waals surface area contributed by atoms with Gasteiger partial charge in [-0.1, -0.05) is 43.7 Å². The van der Waals surface area contributed by atoms with Crippen molar-refractivity contribution in [3.8, 4) is 5.13 Å². The smallest absolute Gasteiger partial charge is 0.267 e. The summed E-state index contributed by atoms with van der Waals surface area (Å²) in [7, 11) is 0. The van der Waals surface area contributed by atoms with Crippen molar-refractivity contribution in [1.29, 1.82) is 0 Å². The molecular formula is C22H28N4OS. The molecule has 0 aliphatic heterocycles. The fourth-order valence-electron chi connectivity index (χ4n) is 3.27. The molecule has 0 spiro atoms. The second kappa shape index (κ2) is 8.69. The van der Waals surface area contributed by atoms with E-state index in [0.29, 0.717) is 4.88 Å². The van der Waals surface area contributed by atoms with Gasteiger partial charge in [0, 0.05) is 11.4 Å². The van der Waals surface area contributed by atoms with Crippen molar-refractivity contribution in [2.24, 2.45) is 0 Å². The van der Waals surface area contributed by atoms with E-state index in [1.165, 1.54) is 22.5 Å². The van der Waals surface area contributed by atoms with Crippen LogP contribution in [0, 0.1) is 20.8 Å². The SMILES string of the molecule is CCCCc1c(C)nn(-c2nc(C)c(C(=O)Nc3ccc(CC)cc3)s2)c1C. The van der Waals surface area contributed by atoms with E-state index in [9.17, 15) is 4.79 Å². The number of aromatic nitrogens is 3. The maximum Gasteiger partial charge on any atom is 0.267 e. The zero-order chi connectivity index (χ0) is 20.3. The van der Waals surface area contributed by atoms with Crippen molar-refractivity contribution in [1.82, 2.24) is 14.8 Å². The molecule has 0 unspecified atom stereocenters. The first kappa shape index (κ1) is 20.3. The Morgan fingerprint density at radius 3 is 2.46 bits per heavy atom. The number of nitrogens with one attached hydrogen (secondary N) is 1. The fraction of sp³-hybridized carbons (Fsp3) is 0.409. The van der Waals surface area contributed by atoms with Crippen molar-refractivity contribution in [3.05, 3.63) is 57.4 Å². The highest BCUT2D eigenvalue weighted by molar-refractivity contribution is 7.16. The van der Waals surface area contributed by atoms with Crippen LogP contribution in [0.3, 0.4) is 0 Å². The van der Waals surface area contributed by atoms with Gasteiger partial charge in [0.05, 0.1) is 11.4 Å². The van der Waals surface area contributed by atoms with Crippen LogP contribution in [0.1, 0.15) is 64.6 Å². The fourth-order valence-corrected chi connectivity index (χ4v) is 4.24. The molecule has 2 heterocycles. The quantitative estimate of drug-likeness (QED) is 0.581. The van der Waals surface area contributed by atoms with Crippen LogP contribution >= 0.6 is 11.3 Å². The van der Waals surface area contributed by atoms with Crippen LogP contribution in [0.15, 0.2) is 24.3 Å². The molecule has 3 rings (SSSR count). The molecule has 28 heavy (non-hydrogen) atoms. The summed E-state index contributed by atoms with van der Waals surface area (Å²) >= 11 is 1.38. The van der Waals surface area contributed by atoms with E-state index in [0.717, 1.165) is 53.6 Å². The third-order valence-electron chi connectivity index (χ3n) is 5.01. The molecule has 0 saturated carbocycles. The highest BCUT2D eigenvalue weighted by Gasteiger charge is 2.20. The number of carbonyl (C=O) groups excluding carboxylic acids is 1. The monoisotopic (exact) mass is 396 g/mol. The van der Waals surface area contributed by atoms with Gasteiger partial charge in [0.25, 0.3) is 5.91 Å². The third kappa shape index (κ3) is 4.17. The average molecular weight is 397 g/mol. The van der Waals surface area contributed by atoms with Crippen LogP contribution in [0.4, 0.5) is 5.69 Å². The maximum atomic E-state index is 12.8. The number of thiazole rings is 1. The van der Waals surface area contributed by atoms with E-state index in [1.807, 2.05) is 42.8 Å². The van der Waals surface area contributed by atoms with Crippen molar-refractivity contribution >= 4 is 22.9 Å². The standard InChI is InChI=1S/C22H28N4OS/c1-6-8-9-19-14(3)25-26(16(19)5)22-23-15(4)20(28-22)21(27)24-18-12-10-17(7-2)11-13-18/h10-13H,6-9H2,1-5H3,(H,24,27). The van der Waals surface area contributed by atoms with Gasteiger partial charge in [0.1, 0.15) is 4.88 Å². The summed E-state index contributed by atoms with van der Waals surface area (Å²) in [5.74, 6) is -0.127. The van der Waals surface area contributed by atoms with E-state index in [2.05, 4.69) is 36.2 Å². The van der Waals surface area contributed by atoms with Gasteiger partial charge >= 0.3 is 0 Å². The normalized spacial score (nSPS) is 11.0. The topological polar surface area (TPSA) is 59.8 Å². The Hall–Kier alpha value is -2.47.